The summed E-state index contributed by atoms with van der Waals surface area (Å²) >= 11 is 12.1. The summed E-state index contributed by atoms with van der Waals surface area (Å²) in [5.74, 6) is 1.37. The normalized spacial score (nSPS) is 11.0. The van der Waals surface area contributed by atoms with E-state index >= 15 is 0 Å². The number of benzene rings is 3. The van der Waals surface area contributed by atoms with Gasteiger partial charge in [0.25, 0.3) is 5.56 Å². The molecule has 152 valence electrons. The molecule has 0 radical (unpaired) electrons. The molecule has 3 aromatic carbocycles. The van der Waals surface area contributed by atoms with Crippen molar-refractivity contribution >= 4 is 34.1 Å². The molecule has 0 aliphatic carbocycles. The molecule has 0 unspecified atom stereocenters. The topological polar surface area (TPSA) is 44.1 Å². The Labute approximate surface area is 184 Å². The van der Waals surface area contributed by atoms with Gasteiger partial charge in [-0.2, -0.15) is 0 Å². The molecule has 0 aliphatic rings. The lowest BCUT2D eigenvalue weighted by molar-refractivity contribution is 0.299. The van der Waals surface area contributed by atoms with Crippen LogP contribution in [0.5, 0.6) is 5.75 Å². The van der Waals surface area contributed by atoms with Crippen LogP contribution >= 0.6 is 23.2 Å². The van der Waals surface area contributed by atoms with Gasteiger partial charge in [-0.05, 0) is 67.4 Å². The molecule has 0 bridgehead atoms. The Hall–Kier alpha value is -2.82. The first kappa shape index (κ1) is 20.5. The van der Waals surface area contributed by atoms with E-state index in [2.05, 4.69) is 0 Å². The zero-order valence-electron chi connectivity index (χ0n) is 16.4. The van der Waals surface area contributed by atoms with Gasteiger partial charge in [-0.15, -0.1) is 0 Å². The van der Waals surface area contributed by atoms with Gasteiger partial charge >= 0.3 is 0 Å². The lowest BCUT2D eigenvalue weighted by atomic mass is 10.1. The van der Waals surface area contributed by atoms with Gasteiger partial charge < -0.3 is 4.74 Å². The third-order valence-electron chi connectivity index (χ3n) is 4.90. The van der Waals surface area contributed by atoms with Crippen LogP contribution in [0.3, 0.4) is 0 Å². The molecule has 0 aliphatic heterocycles. The van der Waals surface area contributed by atoms with Crippen LogP contribution in [0.2, 0.25) is 10.0 Å². The summed E-state index contributed by atoms with van der Waals surface area (Å²) in [6, 6.07) is 20.3. The second-order valence-corrected chi connectivity index (χ2v) is 7.90. The smallest absolute Gasteiger partial charge is 0.261 e. The van der Waals surface area contributed by atoms with Crippen molar-refractivity contribution in [2.24, 2.45) is 0 Å². The summed E-state index contributed by atoms with van der Waals surface area (Å²) in [5.41, 5.74) is 2.47. The monoisotopic (exact) mass is 438 g/mol. The average Bonchev–Trinajstić information content (AvgIpc) is 2.75. The third kappa shape index (κ3) is 4.35. The van der Waals surface area contributed by atoms with Crippen LogP contribution in [-0.4, -0.2) is 16.2 Å². The minimum atomic E-state index is -0.0653. The van der Waals surface area contributed by atoms with Crippen molar-refractivity contribution in [3.05, 3.63) is 92.7 Å². The molecule has 4 rings (SSSR count). The summed E-state index contributed by atoms with van der Waals surface area (Å²) in [4.78, 5) is 18.0. The zero-order chi connectivity index (χ0) is 21.1. The van der Waals surface area contributed by atoms with Gasteiger partial charge in [0.1, 0.15) is 11.6 Å². The van der Waals surface area contributed by atoms with Crippen molar-refractivity contribution < 1.29 is 4.74 Å². The van der Waals surface area contributed by atoms with E-state index in [9.17, 15) is 4.79 Å². The second kappa shape index (κ2) is 8.90. The highest BCUT2D eigenvalue weighted by Crippen LogP contribution is 2.24. The van der Waals surface area contributed by atoms with Gasteiger partial charge in [0, 0.05) is 22.2 Å². The maximum absolute atomic E-state index is 13.2. The maximum Gasteiger partial charge on any atom is 0.261 e. The molecule has 0 saturated heterocycles. The molecule has 0 spiro atoms. The molecule has 4 nitrogen and oxygen atoms in total. The first-order chi connectivity index (χ1) is 14.5. The molecule has 0 atom stereocenters. The Morgan fingerprint density at radius 3 is 2.50 bits per heavy atom. The van der Waals surface area contributed by atoms with E-state index < -0.39 is 0 Å². The average molecular weight is 439 g/mol. The molecule has 30 heavy (non-hydrogen) atoms. The third-order valence-corrected chi connectivity index (χ3v) is 5.38. The summed E-state index contributed by atoms with van der Waals surface area (Å²) < 4.78 is 7.60. The van der Waals surface area contributed by atoms with Crippen LogP contribution in [0.4, 0.5) is 0 Å². The Balaban J connectivity index is 1.62. The number of fused-ring (bicyclic) bond motifs is 1. The first-order valence-electron chi connectivity index (χ1n) is 9.67. The predicted octanol–water partition coefficient (Wildman–Crippen LogP) is 6.15. The largest absolute Gasteiger partial charge is 0.493 e. The van der Waals surface area contributed by atoms with E-state index in [1.54, 1.807) is 28.8 Å². The molecular weight excluding hydrogens is 419 g/mol. The maximum atomic E-state index is 13.2. The summed E-state index contributed by atoms with van der Waals surface area (Å²) in [7, 11) is 0. The standard InChI is InChI=1S/C24H20Cl2N2O2/c1-16-7-10-19(26)15-22(16)30-14-4-13-28-23(17-8-11-18(25)12-9-17)27-21-6-3-2-5-20(21)24(28)29/h2-3,5-12,15H,4,13-14H2,1H3. The van der Waals surface area contributed by atoms with E-state index in [4.69, 9.17) is 32.9 Å². The first-order valence-corrected chi connectivity index (χ1v) is 10.4. The van der Waals surface area contributed by atoms with Crippen LogP contribution in [0.15, 0.2) is 71.5 Å². The quantitative estimate of drug-likeness (QED) is 0.339. The molecule has 0 fully saturated rings. The zero-order valence-corrected chi connectivity index (χ0v) is 18.0. The van der Waals surface area contributed by atoms with Gasteiger partial charge in [-0.25, -0.2) is 4.98 Å². The molecule has 1 heterocycles. The number of aryl methyl sites for hydroxylation is 1. The number of hydrogen-bond donors (Lipinski definition) is 0. The van der Waals surface area contributed by atoms with Gasteiger partial charge in [-0.1, -0.05) is 41.4 Å². The highest BCUT2D eigenvalue weighted by molar-refractivity contribution is 6.31. The fourth-order valence-electron chi connectivity index (χ4n) is 3.33. The second-order valence-electron chi connectivity index (χ2n) is 7.03. The lowest BCUT2D eigenvalue weighted by Crippen LogP contribution is -2.24. The Bertz CT molecular complexity index is 1250. The highest BCUT2D eigenvalue weighted by atomic mass is 35.5. The molecule has 0 saturated carbocycles. The Morgan fingerprint density at radius 1 is 0.967 bits per heavy atom. The molecular formula is C24H20Cl2N2O2. The van der Waals surface area contributed by atoms with Crippen LogP contribution in [-0.2, 0) is 6.54 Å². The molecule has 6 heteroatoms. The van der Waals surface area contributed by atoms with E-state index in [0.717, 1.165) is 16.9 Å². The van der Waals surface area contributed by atoms with Crippen molar-refractivity contribution in [3.8, 4) is 17.1 Å². The summed E-state index contributed by atoms with van der Waals surface area (Å²) in [6.45, 7) is 2.91. The Morgan fingerprint density at radius 2 is 1.70 bits per heavy atom. The minimum Gasteiger partial charge on any atom is -0.493 e. The van der Waals surface area contributed by atoms with Crippen LogP contribution in [0.25, 0.3) is 22.3 Å². The number of rotatable bonds is 6. The van der Waals surface area contributed by atoms with Gasteiger partial charge in [-0.3, -0.25) is 9.36 Å². The number of halogens is 2. The number of nitrogens with zero attached hydrogens (tertiary/aromatic N) is 2. The van der Waals surface area contributed by atoms with Crippen molar-refractivity contribution in [3.63, 3.8) is 0 Å². The lowest BCUT2D eigenvalue weighted by Gasteiger charge is -2.15. The van der Waals surface area contributed by atoms with Crippen LogP contribution in [0.1, 0.15) is 12.0 Å². The van der Waals surface area contributed by atoms with E-state index in [-0.39, 0.29) is 5.56 Å². The van der Waals surface area contributed by atoms with Gasteiger partial charge in [0.15, 0.2) is 0 Å². The summed E-state index contributed by atoms with van der Waals surface area (Å²) in [6.07, 6.45) is 0.645. The molecule has 0 N–H and O–H groups in total. The van der Waals surface area contributed by atoms with Crippen molar-refractivity contribution in [1.82, 2.24) is 9.55 Å². The van der Waals surface area contributed by atoms with E-state index in [1.165, 1.54) is 0 Å². The number of hydrogen-bond acceptors (Lipinski definition) is 3. The predicted molar refractivity (Wildman–Crippen MR) is 123 cm³/mol. The van der Waals surface area contributed by atoms with Crippen molar-refractivity contribution in [1.29, 1.82) is 0 Å². The van der Waals surface area contributed by atoms with E-state index in [1.807, 2.05) is 49.4 Å². The molecule has 0 amide bonds. The number of ether oxygens (including phenoxy) is 1. The number of para-hydroxylation sites is 1. The Kier molecular flexibility index (Phi) is 6.07. The van der Waals surface area contributed by atoms with Gasteiger partial charge in [0.2, 0.25) is 0 Å². The molecule has 4 aromatic rings. The number of aromatic nitrogens is 2. The van der Waals surface area contributed by atoms with Crippen LogP contribution in [0, 0.1) is 6.92 Å². The minimum absolute atomic E-state index is 0.0653. The SMILES string of the molecule is Cc1ccc(Cl)cc1OCCCn1c(-c2ccc(Cl)cc2)nc2ccccc2c1=O. The highest BCUT2D eigenvalue weighted by Gasteiger charge is 2.13. The fraction of sp³-hybridized carbons (Fsp3) is 0.167. The molecule has 1 aromatic heterocycles. The van der Waals surface area contributed by atoms with Gasteiger partial charge in [0.05, 0.1) is 17.5 Å². The van der Waals surface area contributed by atoms with Crippen LogP contribution < -0.4 is 10.3 Å². The van der Waals surface area contributed by atoms with Crippen molar-refractivity contribution in [2.45, 2.75) is 19.9 Å². The van der Waals surface area contributed by atoms with E-state index in [0.29, 0.717) is 46.3 Å². The summed E-state index contributed by atoms with van der Waals surface area (Å²) in [5, 5.41) is 1.87. The van der Waals surface area contributed by atoms with Crippen molar-refractivity contribution in [2.75, 3.05) is 6.61 Å². The fourth-order valence-corrected chi connectivity index (χ4v) is 3.62.